The van der Waals surface area contributed by atoms with Gasteiger partial charge in [-0.1, -0.05) is 13.3 Å². The first-order valence-electron chi connectivity index (χ1n) is 11.0. The summed E-state index contributed by atoms with van der Waals surface area (Å²) < 4.78 is 39.9. The van der Waals surface area contributed by atoms with Crippen LogP contribution in [0, 0.1) is 0 Å². The van der Waals surface area contributed by atoms with Gasteiger partial charge in [-0.2, -0.15) is 5.10 Å². The molecule has 0 unspecified atom stereocenters. The van der Waals surface area contributed by atoms with E-state index in [9.17, 15) is 13.2 Å². The molecule has 0 bridgehead atoms. The lowest BCUT2D eigenvalue weighted by molar-refractivity contribution is 0.309. The maximum absolute atomic E-state index is 12.6. The first-order chi connectivity index (χ1) is 15.9. The molecule has 0 aliphatic carbocycles. The molecule has 0 saturated carbocycles. The van der Waals surface area contributed by atoms with Crippen molar-refractivity contribution >= 4 is 10.0 Å². The Morgan fingerprint density at radius 2 is 1.58 bits per heavy atom. The number of nitrogens with zero attached hydrogens (tertiary/aromatic N) is 2. The third kappa shape index (κ3) is 6.90. The molecular formula is C24H29N3O5S. The van der Waals surface area contributed by atoms with E-state index in [1.165, 1.54) is 22.9 Å². The van der Waals surface area contributed by atoms with Crippen LogP contribution in [0.1, 0.15) is 26.7 Å². The van der Waals surface area contributed by atoms with Crippen LogP contribution in [-0.2, 0) is 16.6 Å². The standard InChI is InChI=1S/C24H29N3O5S/c1-3-5-18-32-21-10-12-22(13-11-21)33(29,30)25-16-17-27-24(28)15-14-23(26-27)19-6-8-20(9-7-19)31-4-2/h6-15,25H,3-5,16-18H2,1-2H3. The highest BCUT2D eigenvalue weighted by molar-refractivity contribution is 7.89. The number of aromatic nitrogens is 2. The van der Waals surface area contributed by atoms with E-state index in [1.807, 2.05) is 31.2 Å². The Morgan fingerprint density at radius 1 is 0.909 bits per heavy atom. The third-order valence-corrected chi connectivity index (χ3v) is 6.32. The molecule has 3 aromatic rings. The lowest BCUT2D eigenvalue weighted by Crippen LogP contribution is -2.32. The largest absolute Gasteiger partial charge is 0.494 e. The van der Waals surface area contributed by atoms with Crippen LogP contribution < -0.4 is 19.8 Å². The summed E-state index contributed by atoms with van der Waals surface area (Å²) in [7, 11) is -3.72. The predicted octanol–water partition coefficient (Wildman–Crippen LogP) is 3.47. The van der Waals surface area contributed by atoms with E-state index in [0.29, 0.717) is 24.7 Å². The predicted molar refractivity (Wildman–Crippen MR) is 127 cm³/mol. The second-order valence-corrected chi connectivity index (χ2v) is 9.08. The summed E-state index contributed by atoms with van der Waals surface area (Å²) in [5.74, 6) is 1.38. The molecular weight excluding hydrogens is 442 g/mol. The molecule has 0 atom stereocenters. The van der Waals surface area contributed by atoms with E-state index < -0.39 is 10.0 Å². The maximum atomic E-state index is 12.6. The van der Waals surface area contributed by atoms with Crippen molar-refractivity contribution in [3.05, 3.63) is 71.0 Å². The Labute approximate surface area is 194 Å². The summed E-state index contributed by atoms with van der Waals surface area (Å²) in [5.41, 5.74) is 1.13. The number of nitrogens with one attached hydrogen (secondary N) is 1. The van der Waals surface area contributed by atoms with Crippen molar-refractivity contribution in [1.29, 1.82) is 0 Å². The van der Waals surface area contributed by atoms with Crippen LogP contribution in [0.15, 0.2) is 70.4 Å². The van der Waals surface area contributed by atoms with Crippen molar-refractivity contribution in [3.63, 3.8) is 0 Å². The average Bonchev–Trinajstić information content (AvgIpc) is 2.81. The molecule has 9 heteroatoms. The number of hydrogen-bond donors (Lipinski definition) is 1. The van der Waals surface area contributed by atoms with Crippen LogP contribution in [0.25, 0.3) is 11.3 Å². The molecule has 33 heavy (non-hydrogen) atoms. The molecule has 0 saturated heterocycles. The Balaban J connectivity index is 1.62. The quantitative estimate of drug-likeness (QED) is 0.406. The Kier molecular flexibility index (Phi) is 8.62. The van der Waals surface area contributed by atoms with Gasteiger partial charge < -0.3 is 9.47 Å². The lowest BCUT2D eigenvalue weighted by Gasteiger charge is -2.10. The van der Waals surface area contributed by atoms with Crippen molar-refractivity contribution in [2.75, 3.05) is 19.8 Å². The van der Waals surface area contributed by atoms with Crippen molar-refractivity contribution in [1.82, 2.24) is 14.5 Å². The van der Waals surface area contributed by atoms with Crippen molar-refractivity contribution in [2.24, 2.45) is 0 Å². The fourth-order valence-electron chi connectivity index (χ4n) is 3.07. The van der Waals surface area contributed by atoms with Crippen molar-refractivity contribution in [3.8, 4) is 22.8 Å². The van der Waals surface area contributed by atoms with Gasteiger partial charge in [-0.25, -0.2) is 17.8 Å². The second kappa shape index (κ2) is 11.6. The SMILES string of the molecule is CCCCOc1ccc(S(=O)(=O)NCCn2nc(-c3ccc(OCC)cc3)ccc2=O)cc1. The molecule has 2 aromatic carbocycles. The molecule has 0 aliphatic rings. The normalized spacial score (nSPS) is 11.3. The molecule has 8 nitrogen and oxygen atoms in total. The highest BCUT2D eigenvalue weighted by Gasteiger charge is 2.14. The van der Waals surface area contributed by atoms with E-state index in [-0.39, 0.29) is 23.5 Å². The summed E-state index contributed by atoms with van der Waals surface area (Å²) in [6.07, 6.45) is 1.96. The summed E-state index contributed by atoms with van der Waals surface area (Å²) in [6.45, 7) is 5.29. The Morgan fingerprint density at radius 3 is 2.24 bits per heavy atom. The zero-order chi connectivity index (χ0) is 23.7. The van der Waals surface area contributed by atoms with E-state index >= 15 is 0 Å². The Bertz CT molecular complexity index is 1190. The minimum absolute atomic E-state index is 0.0245. The van der Waals surface area contributed by atoms with Gasteiger partial charge >= 0.3 is 0 Å². The third-order valence-electron chi connectivity index (χ3n) is 4.84. The molecule has 0 fully saturated rings. The number of ether oxygens (including phenoxy) is 2. The minimum Gasteiger partial charge on any atom is -0.494 e. The smallest absolute Gasteiger partial charge is 0.266 e. The van der Waals surface area contributed by atoms with Crippen LogP contribution in [0.4, 0.5) is 0 Å². The molecule has 1 aromatic heterocycles. The van der Waals surface area contributed by atoms with Gasteiger partial charge in [0.25, 0.3) is 5.56 Å². The van der Waals surface area contributed by atoms with Crippen molar-refractivity contribution in [2.45, 2.75) is 38.1 Å². The van der Waals surface area contributed by atoms with E-state index in [1.54, 1.807) is 18.2 Å². The number of hydrogen-bond acceptors (Lipinski definition) is 6. The van der Waals surface area contributed by atoms with Gasteiger partial charge in [0.1, 0.15) is 11.5 Å². The van der Waals surface area contributed by atoms with Gasteiger partial charge in [0.05, 0.1) is 30.3 Å². The zero-order valence-corrected chi connectivity index (χ0v) is 19.7. The van der Waals surface area contributed by atoms with E-state index in [0.717, 1.165) is 24.2 Å². The number of sulfonamides is 1. The topological polar surface area (TPSA) is 99.5 Å². The van der Waals surface area contributed by atoms with Gasteiger partial charge in [0.2, 0.25) is 10.0 Å². The fraction of sp³-hybridized carbons (Fsp3) is 0.333. The summed E-state index contributed by atoms with van der Waals surface area (Å²) >= 11 is 0. The maximum Gasteiger partial charge on any atom is 0.266 e. The number of unbranched alkanes of at least 4 members (excludes halogenated alkanes) is 1. The van der Waals surface area contributed by atoms with Gasteiger partial charge in [-0.3, -0.25) is 4.79 Å². The summed E-state index contributed by atoms with van der Waals surface area (Å²) in [4.78, 5) is 12.3. The van der Waals surface area contributed by atoms with E-state index in [4.69, 9.17) is 9.47 Å². The molecule has 0 radical (unpaired) electrons. The lowest BCUT2D eigenvalue weighted by atomic mass is 10.1. The van der Waals surface area contributed by atoms with Gasteiger partial charge in [-0.15, -0.1) is 0 Å². The number of rotatable bonds is 12. The number of benzene rings is 2. The first kappa shape index (κ1) is 24.5. The molecule has 0 amide bonds. The minimum atomic E-state index is -3.72. The molecule has 1 heterocycles. The zero-order valence-electron chi connectivity index (χ0n) is 18.9. The van der Waals surface area contributed by atoms with Crippen LogP contribution in [0.2, 0.25) is 0 Å². The van der Waals surface area contributed by atoms with Gasteiger partial charge in [0, 0.05) is 18.2 Å². The summed E-state index contributed by atoms with van der Waals surface area (Å²) in [6, 6.07) is 16.7. The van der Waals surface area contributed by atoms with E-state index in [2.05, 4.69) is 16.7 Å². The molecule has 0 aliphatic heterocycles. The highest BCUT2D eigenvalue weighted by Crippen LogP contribution is 2.20. The van der Waals surface area contributed by atoms with Gasteiger partial charge in [0.15, 0.2) is 0 Å². The van der Waals surface area contributed by atoms with Crippen LogP contribution >= 0.6 is 0 Å². The van der Waals surface area contributed by atoms with Crippen LogP contribution in [0.5, 0.6) is 11.5 Å². The van der Waals surface area contributed by atoms with Crippen LogP contribution in [-0.4, -0.2) is 38.0 Å². The first-order valence-corrected chi connectivity index (χ1v) is 12.4. The molecule has 176 valence electrons. The van der Waals surface area contributed by atoms with Crippen LogP contribution in [0.3, 0.4) is 0 Å². The molecule has 3 rings (SSSR count). The molecule has 1 N–H and O–H groups in total. The fourth-order valence-corrected chi connectivity index (χ4v) is 4.09. The average molecular weight is 472 g/mol. The second-order valence-electron chi connectivity index (χ2n) is 7.31. The highest BCUT2D eigenvalue weighted by atomic mass is 32.2. The molecule has 0 spiro atoms. The Hall–Kier alpha value is -3.17. The monoisotopic (exact) mass is 471 g/mol. The van der Waals surface area contributed by atoms with Gasteiger partial charge in [-0.05, 0) is 67.9 Å². The summed E-state index contributed by atoms with van der Waals surface area (Å²) in [5, 5.41) is 4.37. The van der Waals surface area contributed by atoms with Crippen molar-refractivity contribution < 1.29 is 17.9 Å².